The third-order valence-electron chi connectivity index (χ3n) is 5.46. The Bertz CT molecular complexity index is 1120. The Kier molecular flexibility index (Phi) is 6.66. The van der Waals surface area contributed by atoms with Crippen LogP contribution in [0.25, 0.3) is 0 Å². The molecule has 0 aliphatic carbocycles. The van der Waals surface area contributed by atoms with E-state index in [0.717, 1.165) is 16.8 Å². The van der Waals surface area contributed by atoms with E-state index in [9.17, 15) is 31.5 Å². The molecule has 2 aromatic rings. The zero-order chi connectivity index (χ0) is 24.0. The maximum Gasteiger partial charge on any atom is 0.417 e. The number of hydrogen-bond donors (Lipinski definition) is 1. The van der Waals surface area contributed by atoms with E-state index in [2.05, 4.69) is 21.2 Å². The number of amides is 1. The minimum absolute atomic E-state index is 0.00915. The second-order valence-electron chi connectivity index (χ2n) is 7.66. The fourth-order valence-corrected chi connectivity index (χ4v) is 3.76. The van der Waals surface area contributed by atoms with Crippen LogP contribution in [-0.2, 0) is 13.2 Å². The Morgan fingerprint density at radius 2 is 1.84 bits per heavy atom. The van der Waals surface area contributed by atoms with Gasteiger partial charge in [0.25, 0.3) is 11.5 Å². The average molecular weight is 523 g/mol. The van der Waals surface area contributed by atoms with Crippen molar-refractivity contribution in [1.82, 2.24) is 9.47 Å². The van der Waals surface area contributed by atoms with E-state index in [1.54, 1.807) is 4.90 Å². The first kappa shape index (κ1) is 24.2. The van der Waals surface area contributed by atoms with Gasteiger partial charge >= 0.3 is 6.18 Å². The molecule has 1 fully saturated rings. The number of nitrogens with one attached hydrogen (secondary N) is 1. The zero-order valence-corrected chi connectivity index (χ0v) is 18.9. The van der Waals surface area contributed by atoms with E-state index in [1.807, 2.05) is 18.9 Å². The minimum atomic E-state index is -4.99. The van der Waals surface area contributed by atoms with Gasteiger partial charge in [0.05, 0.1) is 21.3 Å². The third-order valence-corrected chi connectivity index (χ3v) is 6.19. The van der Waals surface area contributed by atoms with E-state index >= 15 is 0 Å². The molecular formula is C20H20BrF5N4O2. The smallest absolute Gasteiger partial charge is 0.367 e. The zero-order valence-electron chi connectivity index (χ0n) is 17.4. The highest BCUT2D eigenvalue weighted by Crippen LogP contribution is 2.38. The number of pyridine rings is 1. The average Bonchev–Trinajstić information content (AvgIpc) is 2.71. The van der Waals surface area contributed by atoms with Crippen LogP contribution in [0.5, 0.6) is 0 Å². The van der Waals surface area contributed by atoms with Crippen molar-refractivity contribution in [2.24, 2.45) is 7.05 Å². The maximum absolute atomic E-state index is 15.0. The first-order chi connectivity index (χ1) is 14.8. The van der Waals surface area contributed by atoms with Crippen molar-refractivity contribution in [2.75, 3.05) is 36.9 Å². The van der Waals surface area contributed by atoms with Crippen LogP contribution in [0.15, 0.2) is 27.6 Å². The minimum Gasteiger partial charge on any atom is -0.367 e. The molecule has 2 heterocycles. The second kappa shape index (κ2) is 8.81. The summed E-state index contributed by atoms with van der Waals surface area (Å²) in [4.78, 5) is 28.2. The number of halogens is 6. The van der Waals surface area contributed by atoms with Crippen LogP contribution in [0, 0.1) is 11.6 Å². The predicted octanol–water partition coefficient (Wildman–Crippen LogP) is 3.84. The Morgan fingerprint density at radius 3 is 2.44 bits per heavy atom. The van der Waals surface area contributed by atoms with Gasteiger partial charge in [-0.2, -0.15) is 13.2 Å². The van der Waals surface area contributed by atoms with Gasteiger partial charge in [-0.15, -0.1) is 0 Å². The van der Waals surface area contributed by atoms with Crippen molar-refractivity contribution in [3.8, 4) is 0 Å². The van der Waals surface area contributed by atoms with Crippen LogP contribution in [0.3, 0.4) is 0 Å². The second-order valence-corrected chi connectivity index (χ2v) is 8.45. The summed E-state index contributed by atoms with van der Waals surface area (Å²) in [6.07, 6.45) is -4.26. The van der Waals surface area contributed by atoms with Gasteiger partial charge in [0.1, 0.15) is 11.5 Å². The van der Waals surface area contributed by atoms with Crippen LogP contribution in [-0.4, -0.2) is 48.1 Å². The molecule has 0 unspecified atom stereocenters. The number of likely N-dealkylation sites (N-methyl/N-ethyl adjacent to an activating group) is 1. The molecule has 1 atom stereocenters. The van der Waals surface area contributed by atoms with Crippen molar-refractivity contribution in [3.63, 3.8) is 0 Å². The summed E-state index contributed by atoms with van der Waals surface area (Å²) in [7, 11) is 3.08. The molecule has 1 aromatic carbocycles. The standard InChI is InChI=1S/C20H20BrF5N4O2/c1-10-8-30(5-4-28(10)2)14-7-13(22)16(21)17(23)18(14)27-19(32)11-9-29(3)15(31)6-12(11)20(24,25)26/h6-7,9-10H,4-5,8H2,1-3H3,(H,27,32)/t10-/m0/s1. The molecule has 1 saturated heterocycles. The first-order valence-corrected chi connectivity index (χ1v) is 10.3. The highest BCUT2D eigenvalue weighted by atomic mass is 79.9. The normalized spacial score (nSPS) is 17.5. The molecule has 1 aliphatic heterocycles. The molecule has 1 aliphatic rings. The van der Waals surface area contributed by atoms with E-state index in [1.165, 1.54) is 7.05 Å². The number of nitrogens with zero attached hydrogens (tertiary/aromatic N) is 3. The number of carbonyl (C=O) groups is 1. The predicted molar refractivity (Wildman–Crippen MR) is 113 cm³/mol. The van der Waals surface area contributed by atoms with E-state index in [4.69, 9.17) is 0 Å². The van der Waals surface area contributed by atoms with Gasteiger partial charge in [0.2, 0.25) is 0 Å². The van der Waals surface area contributed by atoms with Crippen molar-refractivity contribution in [1.29, 1.82) is 0 Å². The number of aromatic nitrogens is 1. The van der Waals surface area contributed by atoms with Gasteiger partial charge in [-0.3, -0.25) is 9.59 Å². The molecule has 1 amide bonds. The molecule has 12 heteroatoms. The SMILES string of the molecule is C[C@H]1CN(c2cc(F)c(Br)c(F)c2NC(=O)c2cn(C)c(=O)cc2C(F)(F)F)CCN1C. The topological polar surface area (TPSA) is 57.6 Å². The summed E-state index contributed by atoms with van der Waals surface area (Å²) < 4.78 is 69.8. The molecule has 1 N–H and O–H groups in total. The Balaban J connectivity index is 2.08. The number of piperazine rings is 1. The van der Waals surface area contributed by atoms with Gasteiger partial charge in [-0.05, 0) is 29.9 Å². The van der Waals surface area contributed by atoms with Crippen LogP contribution in [0.1, 0.15) is 22.8 Å². The molecule has 0 radical (unpaired) electrons. The summed E-state index contributed by atoms with van der Waals surface area (Å²) in [5.41, 5.74) is -3.72. The van der Waals surface area contributed by atoms with Crippen molar-refractivity contribution >= 4 is 33.2 Å². The van der Waals surface area contributed by atoms with E-state index in [-0.39, 0.29) is 11.7 Å². The molecular weight excluding hydrogens is 503 g/mol. The molecule has 3 rings (SSSR count). The molecule has 32 heavy (non-hydrogen) atoms. The summed E-state index contributed by atoms with van der Waals surface area (Å²) in [5, 5.41) is 2.16. The lowest BCUT2D eigenvalue weighted by Gasteiger charge is -2.39. The number of rotatable bonds is 3. The van der Waals surface area contributed by atoms with Crippen LogP contribution >= 0.6 is 15.9 Å². The van der Waals surface area contributed by atoms with Gasteiger partial charge in [0, 0.05) is 51.1 Å². The highest BCUT2D eigenvalue weighted by Gasteiger charge is 2.37. The molecule has 0 saturated carbocycles. The highest BCUT2D eigenvalue weighted by molar-refractivity contribution is 9.10. The first-order valence-electron chi connectivity index (χ1n) is 9.53. The van der Waals surface area contributed by atoms with E-state index < -0.39 is 50.6 Å². The lowest BCUT2D eigenvalue weighted by Crippen LogP contribution is -2.50. The molecule has 0 spiro atoms. The lowest BCUT2D eigenvalue weighted by atomic mass is 10.1. The third kappa shape index (κ3) is 4.65. The fourth-order valence-electron chi connectivity index (χ4n) is 3.44. The number of carbonyl (C=O) groups excluding carboxylic acids is 1. The van der Waals surface area contributed by atoms with Crippen LogP contribution < -0.4 is 15.8 Å². The molecule has 1 aromatic heterocycles. The lowest BCUT2D eigenvalue weighted by molar-refractivity contribution is -0.138. The van der Waals surface area contributed by atoms with Crippen LogP contribution in [0.2, 0.25) is 0 Å². The number of anilines is 2. The summed E-state index contributed by atoms with van der Waals surface area (Å²) >= 11 is 2.77. The van der Waals surface area contributed by atoms with Crippen molar-refractivity contribution in [3.05, 3.63) is 55.9 Å². The van der Waals surface area contributed by atoms with Crippen molar-refractivity contribution in [2.45, 2.75) is 19.1 Å². The number of alkyl halides is 3. The monoisotopic (exact) mass is 522 g/mol. The Hall–Kier alpha value is -2.47. The largest absolute Gasteiger partial charge is 0.417 e. The Labute approximate surface area is 188 Å². The number of benzene rings is 1. The maximum atomic E-state index is 15.0. The van der Waals surface area contributed by atoms with Gasteiger partial charge in [0.15, 0.2) is 5.82 Å². The number of aryl methyl sites for hydroxylation is 1. The summed E-state index contributed by atoms with van der Waals surface area (Å²) in [6, 6.07) is 1.35. The quantitative estimate of drug-likeness (QED) is 0.491. The Morgan fingerprint density at radius 1 is 1.19 bits per heavy atom. The number of hydrogen-bond acceptors (Lipinski definition) is 4. The molecule has 0 bridgehead atoms. The van der Waals surface area contributed by atoms with E-state index in [0.29, 0.717) is 25.7 Å². The van der Waals surface area contributed by atoms with Gasteiger partial charge in [-0.25, -0.2) is 8.78 Å². The molecule has 174 valence electrons. The fraction of sp³-hybridized carbons (Fsp3) is 0.400. The van der Waals surface area contributed by atoms with Crippen LogP contribution in [0.4, 0.5) is 33.3 Å². The molecule has 6 nitrogen and oxygen atoms in total. The van der Waals surface area contributed by atoms with Gasteiger partial charge < -0.3 is 19.7 Å². The summed E-state index contributed by atoms with van der Waals surface area (Å²) in [6.45, 7) is 3.26. The van der Waals surface area contributed by atoms with Gasteiger partial charge in [-0.1, -0.05) is 0 Å². The summed E-state index contributed by atoms with van der Waals surface area (Å²) in [5.74, 6) is -3.35. The van der Waals surface area contributed by atoms with Crippen molar-refractivity contribution < 1.29 is 26.7 Å².